The summed E-state index contributed by atoms with van der Waals surface area (Å²) >= 11 is 0. The minimum absolute atomic E-state index is 0.752. The first-order valence-electron chi connectivity index (χ1n) is 12.6. The monoisotopic (exact) mass is 461 g/mol. The molecule has 3 heterocycles. The number of hydrogen-bond donors (Lipinski definition) is 2. The van der Waals surface area contributed by atoms with Crippen molar-refractivity contribution in [1.29, 1.82) is 5.26 Å². The smallest absolute Gasteiger partial charge is 0.250 e. The molecule has 174 valence electrons. The van der Waals surface area contributed by atoms with Gasteiger partial charge in [-0.05, 0) is 41.8 Å². The lowest BCUT2D eigenvalue weighted by Crippen LogP contribution is -3.13. The third-order valence-electron chi connectivity index (χ3n) is 7.72. The highest BCUT2D eigenvalue weighted by Crippen LogP contribution is 2.28. The van der Waals surface area contributed by atoms with Crippen LogP contribution in [0.5, 0.6) is 0 Å². The lowest BCUT2D eigenvalue weighted by Gasteiger charge is -2.31. The second kappa shape index (κ2) is 8.72. The molecule has 0 aliphatic carbocycles. The van der Waals surface area contributed by atoms with Crippen molar-refractivity contribution in [3.63, 3.8) is 0 Å². The van der Waals surface area contributed by atoms with Crippen molar-refractivity contribution < 1.29 is 9.30 Å². The second-order valence-electron chi connectivity index (χ2n) is 9.65. The number of pyridine rings is 1. The SMILES string of the molecule is CCc1c(C)c(C#N)c2[nH]c3ccccc3[n+]2c1N1CC[NH+](Cc2cccc3ccccc23)CC1. The van der Waals surface area contributed by atoms with E-state index in [-0.39, 0.29) is 0 Å². The van der Waals surface area contributed by atoms with Crippen LogP contribution in [0, 0.1) is 18.3 Å². The number of aromatic amines is 1. The average molecular weight is 462 g/mol. The number of benzene rings is 3. The molecule has 0 radical (unpaired) electrons. The van der Waals surface area contributed by atoms with Gasteiger partial charge in [0.2, 0.25) is 11.5 Å². The van der Waals surface area contributed by atoms with E-state index in [1.165, 1.54) is 27.7 Å². The third kappa shape index (κ3) is 3.53. The zero-order valence-corrected chi connectivity index (χ0v) is 20.4. The summed E-state index contributed by atoms with van der Waals surface area (Å²) in [4.78, 5) is 7.71. The summed E-state index contributed by atoms with van der Waals surface area (Å²) in [5, 5.41) is 12.7. The highest BCUT2D eigenvalue weighted by molar-refractivity contribution is 5.85. The van der Waals surface area contributed by atoms with Crippen molar-refractivity contribution in [3.05, 3.63) is 89.0 Å². The molecule has 1 aliphatic heterocycles. The molecule has 0 bridgehead atoms. The van der Waals surface area contributed by atoms with Crippen molar-refractivity contribution in [2.75, 3.05) is 31.1 Å². The second-order valence-corrected chi connectivity index (χ2v) is 9.65. The maximum absolute atomic E-state index is 10.0. The Morgan fingerprint density at radius 1 is 1.00 bits per heavy atom. The van der Waals surface area contributed by atoms with Gasteiger partial charge in [-0.15, -0.1) is 0 Å². The van der Waals surface area contributed by atoms with Crippen molar-refractivity contribution >= 4 is 33.3 Å². The largest absolute Gasteiger partial charge is 0.326 e. The summed E-state index contributed by atoms with van der Waals surface area (Å²) < 4.78 is 2.30. The van der Waals surface area contributed by atoms with Gasteiger partial charge in [0, 0.05) is 11.1 Å². The number of hydrogen-bond acceptors (Lipinski definition) is 2. The molecule has 0 atom stereocenters. The zero-order valence-electron chi connectivity index (χ0n) is 20.4. The minimum atomic E-state index is 0.752. The van der Waals surface area contributed by atoms with E-state index in [4.69, 9.17) is 0 Å². The Balaban J connectivity index is 1.36. The molecule has 5 aromatic rings. The Bertz CT molecular complexity index is 1590. The van der Waals surface area contributed by atoms with Gasteiger partial charge in [0.25, 0.3) is 0 Å². The Labute approximate surface area is 205 Å². The highest BCUT2D eigenvalue weighted by atomic mass is 15.3. The number of fused-ring (bicyclic) bond motifs is 4. The normalized spacial score (nSPS) is 14.7. The fraction of sp³-hybridized carbons (Fsp3) is 0.267. The summed E-state index contributed by atoms with van der Waals surface area (Å²) in [5.74, 6) is 1.25. The predicted octanol–water partition coefficient (Wildman–Crippen LogP) is 3.71. The number of para-hydroxylation sites is 2. The summed E-state index contributed by atoms with van der Waals surface area (Å²) in [6.45, 7) is 9.55. The predicted molar refractivity (Wildman–Crippen MR) is 141 cm³/mol. The van der Waals surface area contributed by atoms with E-state index in [1.54, 1.807) is 4.90 Å². The van der Waals surface area contributed by atoms with E-state index in [1.807, 2.05) is 6.07 Å². The Kier molecular flexibility index (Phi) is 5.39. The number of nitrogens with zero attached hydrogens (tertiary/aromatic N) is 3. The number of H-pyrrole nitrogens is 1. The molecular formula is C30H31N5+2. The number of aromatic nitrogens is 2. The van der Waals surface area contributed by atoms with Crippen LogP contribution in [0.2, 0.25) is 0 Å². The number of anilines is 1. The molecule has 0 unspecified atom stereocenters. The molecule has 1 saturated heterocycles. The zero-order chi connectivity index (χ0) is 23.9. The Morgan fingerprint density at radius 2 is 1.74 bits per heavy atom. The Morgan fingerprint density at radius 3 is 2.54 bits per heavy atom. The number of nitrogens with one attached hydrogen (secondary N) is 2. The quantitative estimate of drug-likeness (QED) is 0.401. The van der Waals surface area contributed by atoms with Crippen molar-refractivity contribution in [3.8, 4) is 6.07 Å². The van der Waals surface area contributed by atoms with Crippen LogP contribution in [-0.2, 0) is 13.0 Å². The first kappa shape index (κ1) is 21.6. The van der Waals surface area contributed by atoms with Crippen LogP contribution in [0.1, 0.15) is 29.2 Å². The third-order valence-corrected chi connectivity index (χ3v) is 7.72. The standard InChI is InChI=1S/C30H29N5/c1-3-24-21(2)26(19-31)29-32-27-13-6-7-14-28(27)35(29)30(24)34-17-15-33(16-18-34)20-23-11-8-10-22-9-4-5-12-25(22)23/h4-14H,3,15-18,20H2,1-2H3/p+2. The van der Waals surface area contributed by atoms with Crippen LogP contribution in [0.4, 0.5) is 5.82 Å². The first-order valence-corrected chi connectivity index (χ1v) is 12.6. The molecule has 3 aromatic carbocycles. The molecule has 1 fully saturated rings. The molecule has 0 spiro atoms. The summed E-state index contributed by atoms with van der Waals surface area (Å²) in [6.07, 6.45) is 0.904. The summed E-state index contributed by atoms with van der Waals surface area (Å²) in [7, 11) is 0. The molecular weight excluding hydrogens is 430 g/mol. The van der Waals surface area contributed by atoms with Crippen molar-refractivity contribution in [1.82, 2.24) is 4.98 Å². The molecule has 5 nitrogen and oxygen atoms in total. The van der Waals surface area contributed by atoms with Gasteiger partial charge in [0.05, 0.1) is 0 Å². The van der Waals surface area contributed by atoms with E-state index in [9.17, 15) is 5.26 Å². The van der Waals surface area contributed by atoms with Gasteiger partial charge in [-0.2, -0.15) is 9.66 Å². The van der Waals surface area contributed by atoms with Gasteiger partial charge in [-0.25, -0.2) is 0 Å². The molecule has 0 saturated carbocycles. The lowest BCUT2D eigenvalue weighted by molar-refractivity contribution is -0.914. The van der Waals surface area contributed by atoms with Crippen LogP contribution in [0.15, 0.2) is 66.7 Å². The fourth-order valence-electron chi connectivity index (χ4n) is 5.92. The van der Waals surface area contributed by atoms with Crippen LogP contribution in [-0.4, -0.2) is 31.2 Å². The molecule has 5 heteroatoms. The van der Waals surface area contributed by atoms with Crippen LogP contribution in [0.3, 0.4) is 0 Å². The topological polar surface area (TPSA) is 51.4 Å². The minimum Gasteiger partial charge on any atom is -0.326 e. The van der Waals surface area contributed by atoms with E-state index >= 15 is 0 Å². The van der Waals surface area contributed by atoms with Crippen molar-refractivity contribution in [2.45, 2.75) is 26.8 Å². The van der Waals surface area contributed by atoms with Crippen LogP contribution >= 0.6 is 0 Å². The molecule has 2 N–H and O–H groups in total. The number of nitriles is 1. The van der Waals surface area contributed by atoms with Crippen molar-refractivity contribution in [2.24, 2.45) is 0 Å². The molecule has 1 aliphatic rings. The van der Waals surface area contributed by atoms with E-state index in [0.717, 1.165) is 67.0 Å². The molecule has 35 heavy (non-hydrogen) atoms. The summed E-state index contributed by atoms with van der Waals surface area (Å²) in [6, 6.07) is 26.2. The molecule has 2 aromatic heterocycles. The molecule has 0 amide bonds. The molecule has 6 rings (SSSR count). The van der Waals surface area contributed by atoms with Gasteiger partial charge >= 0.3 is 0 Å². The van der Waals surface area contributed by atoms with Gasteiger partial charge in [-0.1, -0.05) is 61.5 Å². The van der Waals surface area contributed by atoms with Gasteiger partial charge in [-0.3, -0.25) is 9.88 Å². The Hall–Kier alpha value is -3.88. The van der Waals surface area contributed by atoms with E-state index in [2.05, 4.69) is 94.9 Å². The highest BCUT2D eigenvalue weighted by Gasteiger charge is 2.32. The number of rotatable bonds is 4. The van der Waals surface area contributed by atoms with Gasteiger partial charge < -0.3 is 4.90 Å². The van der Waals surface area contributed by atoms with E-state index < -0.39 is 0 Å². The van der Waals surface area contributed by atoms with Gasteiger partial charge in [0.1, 0.15) is 55.4 Å². The fourth-order valence-corrected chi connectivity index (χ4v) is 5.92. The van der Waals surface area contributed by atoms with Gasteiger partial charge in [0.15, 0.2) is 0 Å². The number of quaternary nitrogens is 1. The number of piperazine rings is 1. The maximum atomic E-state index is 10.0. The maximum Gasteiger partial charge on any atom is 0.250 e. The van der Waals surface area contributed by atoms with E-state index in [0.29, 0.717) is 0 Å². The van der Waals surface area contributed by atoms with Crippen LogP contribution in [0.25, 0.3) is 27.5 Å². The summed E-state index contributed by atoms with van der Waals surface area (Å²) in [5.41, 5.74) is 7.67. The lowest BCUT2D eigenvalue weighted by atomic mass is 10.0. The average Bonchev–Trinajstić information content (AvgIpc) is 3.28. The first-order chi connectivity index (χ1) is 17.2. The number of imidazole rings is 1. The van der Waals surface area contributed by atoms with Crippen LogP contribution < -0.4 is 14.2 Å².